The van der Waals surface area contributed by atoms with Gasteiger partial charge in [0.15, 0.2) is 0 Å². The Hall–Kier alpha value is -2.08. The largest absolute Gasteiger partial charge is 0.480 e. The number of rotatable bonds is 6. The van der Waals surface area contributed by atoms with Gasteiger partial charge in [-0.15, -0.1) is 0 Å². The molecule has 0 aromatic heterocycles. The van der Waals surface area contributed by atoms with Gasteiger partial charge in [-0.05, 0) is 19.1 Å². The average molecular weight is 266 g/mol. The number of urea groups is 1. The lowest BCUT2D eigenvalue weighted by atomic mass is 10.2. The molecule has 0 radical (unpaired) electrons. The van der Waals surface area contributed by atoms with E-state index in [1.165, 1.54) is 4.90 Å². The van der Waals surface area contributed by atoms with Gasteiger partial charge in [0.25, 0.3) is 0 Å². The molecule has 6 heteroatoms. The highest BCUT2D eigenvalue weighted by atomic mass is 16.4. The molecule has 2 amide bonds. The molecule has 1 rings (SSSR count). The Morgan fingerprint density at radius 2 is 1.95 bits per heavy atom. The summed E-state index contributed by atoms with van der Waals surface area (Å²) in [5, 5.41) is 20.1. The zero-order valence-corrected chi connectivity index (χ0v) is 10.7. The molecule has 19 heavy (non-hydrogen) atoms. The topological polar surface area (TPSA) is 89.9 Å². The first-order valence-corrected chi connectivity index (χ1v) is 6.06. The Bertz CT molecular complexity index is 422. The first-order valence-electron chi connectivity index (χ1n) is 6.06. The van der Waals surface area contributed by atoms with Crippen LogP contribution >= 0.6 is 0 Å². The second kappa shape index (κ2) is 7.38. The van der Waals surface area contributed by atoms with E-state index >= 15 is 0 Å². The summed E-state index contributed by atoms with van der Waals surface area (Å²) >= 11 is 0. The number of para-hydroxylation sites is 1. The van der Waals surface area contributed by atoms with Gasteiger partial charge in [0.2, 0.25) is 0 Å². The number of carbonyl (C=O) groups excluding carboxylic acids is 1. The van der Waals surface area contributed by atoms with Crippen molar-refractivity contribution in [2.45, 2.75) is 19.4 Å². The Morgan fingerprint density at radius 1 is 1.32 bits per heavy atom. The fourth-order valence-electron chi connectivity index (χ4n) is 1.66. The van der Waals surface area contributed by atoms with Gasteiger partial charge in [0, 0.05) is 25.3 Å². The zero-order chi connectivity index (χ0) is 14.3. The normalized spacial score (nSPS) is 11.7. The van der Waals surface area contributed by atoms with Crippen LogP contribution in [-0.2, 0) is 4.79 Å². The number of nitrogens with one attached hydrogen (secondary N) is 1. The third-order valence-corrected chi connectivity index (χ3v) is 2.64. The highest BCUT2D eigenvalue weighted by molar-refractivity contribution is 5.94. The molecule has 0 saturated carbocycles. The molecule has 6 nitrogen and oxygen atoms in total. The molecule has 0 spiro atoms. The van der Waals surface area contributed by atoms with Gasteiger partial charge in [0.1, 0.15) is 6.04 Å². The molecule has 104 valence electrons. The summed E-state index contributed by atoms with van der Waals surface area (Å²) in [7, 11) is 0. The van der Waals surface area contributed by atoms with E-state index in [1.807, 2.05) is 6.07 Å². The quantitative estimate of drug-likeness (QED) is 0.718. The number of aliphatic hydroxyl groups is 1. The molecule has 0 aliphatic carbocycles. The molecule has 0 bridgehead atoms. The monoisotopic (exact) mass is 266 g/mol. The van der Waals surface area contributed by atoms with Crippen LogP contribution in [0.25, 0.3) is 0 Å². The molecular weight excluding hydrogens is 248 g/mol. The zero-order valence-electron chi connectivity index (χ0n) is 10.7. The SMILES string of the molecule is CCN(C(=O)N[C@H](CCO)C(=O)O)c1ccccc1. The van der Waals surface area contributed by atoms with E-state index in [9.17, 15) is 9.59 Å². The lowest BCUT2D eigenvalue weighted by Gasteiger charge is -2.23. The number of hydrogen-bond donors (Lipinski definition) is 3. The Balaban J connectivity index is 2.76. The number of carbonyl (C=O) groups is 2. The predicted octanol–water partition coefficient (Wildman–Crippen LogP) is 1.06. The minimum absolute atomic E-state index is 0.0204. The van der Waals surface area contributed by atoms with Crippen molar-refractivity contribution in [1.82, 2.24) is 5.32 Å². The van der Waals surface area contributed by atoms with Crippen LogP contribution in [0.4, 0.5) is 10.5 Å². The van der Waals surface area contributed by atoms with Crippen molar-refractivity contribution in [3.63, 3.8) is 0 Å². The number of benzene rings is 1. The molecule has 0 fully saturated rings. The Labute approximate surface area is 111 Å². The van der Waals surface area contributed by atoms with E-state index in [1.54, 1.807) is 31.2 Å². The number of nitrogens with zero attached hydrogens (tertiary/aromatic N) is 1. The highest BCUT2D eigenvalue weighted by Crippen LogP contribution is 2.13. The van der Waals surface area contributed by atoms with Crippen molar-refractivity contribution < 1.29 is 19.8 Å². The van der Waals surface area contributed by atoms with Gasteiger partial charge < -0.3 is 15.5 Å². The van der Waals surface area contributed by atoms with Gasteiger partial charge in [-0.3, -0.25) is 4.90 Å². The van der Waals surface area contributed by atoms with E-state index in [2.05, 4.69) is 5.32 Å². The van der Waals surface area contributed by atoms with Gasteiger partial charge in [0.05, 0.1) is 0 Å². The van der Waals surface area contributed by atoms with Crippen molar-refractivity contribution in [2.24, 2.45) is 0 Å². The van der Waals surface area contributed by atoms with Crippen molar-refractivity contribution in [3.05, 3.63) is 30.3 Å². The number of aliphatic hydroxyl groups excluding tert-OH is 1. The number of amides is 2. The van der Waals surface area contributed by atoms with Crippen LogP contribution in [0.1, 0.15) is 13.3 Å². The maximum absolute atomic E-state index is 12.0. The number of carboxylic acid groups (broad SMARTS) is 1. The molecule has 0 saturated heterocycles. The summed E-state index contributed by atoms with van der Waals surface area (Å²) in [6, 6.07) is 7.39. The first kappa shape index (κ1) is 15.0. The second-order valence-electron chi connectivity index (χ2n) is 3.93. The number of carboxylic acids is 1. The maximum Gasteiger partial charge on any atom is 0.326 e. The molecule has 3 N–H and O–H groups in total. The van der Waals surface area contributed by atoms with Crippen LogP contribution < -0.4 is 10.2 Å². The van der Waals surface area contributed by atoms with Crippen molar-refractivity contribution >= 4 is 17.7 Å². The minimum atomic E-state index is -1.16. The van der Waals surface area contributed by atoms with E-state index in [-0.39, 0.29) is 13.0 Å². The summed E-state index contributed by atoms with van der Waals surface area (Å²) in [5.41, 5.74) is 0.690. The summed E-state index contributed by atoms with van der Waals surface area (Å²) in [5.74, 6) is -1.16. The lowest BCUT2D eigenvalue weighted by Crippen LogP contribution is -2.48. The van der Waals surface area contributed by atoms with Crippen molar-refractivity contribution in [1.29, 1.82) is 0 Å². The fraction of sp³-hybridized carbons (Fsp3) is 0.385. The third-order valence-electron chi connectivity index (χ3n) is 2.64. The van der Waals surface area contributed by atoms with Gasteiger partial charge in [-0.1, -0.05) is 18.2 Å². The molecule has 0 aliphatic heterocycles. The predicted molar refractivity (Wildman–Crippen MR) is 71.1 cm³/mol. The molecule has 1 aromatic rings. The summed E-state index contributed by atoms with van der Waals surface area (Å²) in [6.45, 7) is 1.92. The van der Waals surface area contributed by atoms with E-state index in [4.69, 9.17) is 10.2 Å². The smallest absolute Gasteiger partial charge is 0.326 e. The average Bonchev–Trinajstić information content (AvgIpc) is 2.40. The van der Waals surface area contributed by atoms with Crippen molar-refractivity contribution in [3.8, 4) is 0 Å². The Kier molecular flexibility index (Phi) is 5.81. The first-order chi connectivity index (χ1) is 9.10. The van der Waals surface area contributed by atoms with Crippen molar-refractivity contribution in [2.75, 3.05) is 18.1 Å². The molecule has 0 heterocycles. The highest BCUT2D eigenvalue weighted by Gasteiger charge is 2.22. The summed E-state index contributed by atoms with van der Waals surface area (Å²) in [4.78, 5) is 24.4. The summed E-state index contributed by atoms with van der Waals surface area (Å²) < 4.78 is 0. The molecule has 1 atom stereocenters. The van der Waals surface area contributed by atoms with Crippen LogP contribution in [0, 0.1) is 0 Å². The molecule has 0 aliphatic rings. The van der Waals surface area contributed by atoms with Crippen LogP contribution in [-0.4, -0.2) is 41.4 Å². The van der Waals surface area contributed by atoms with Crippen LogP contribution in [0.5, 0.6) is 0 Å². The third kappa shape index (κ3) is 4.26. The lowest BCUT2D eigenvalue weighted by molar-refractivity contribution is -0.139. The van der Waals surface area contributed by atoms with Gasteiger partial charge >= 0.3 is 12.0 Å². The fourth-order valence-corrected chi connectivity index (χ4v) is 1.66. The molecule has 0 unspecified atom stereocenters. The maximum atomic E-state index is 12.0. The van der Waals surface area contributed by atoms with Gasteiger partial charge in [-0.25, -0.2) is 9.59 Å². The van der Waals surface area contributed by atoms with E-state index in [0.29, 0.717) is 12.2 Å². The van der Waals surface area contributed by atoms with Crippen LogP contribution in [0.3, 0.4) is 0 Å². The summed E-state index contributed by atoms with van der Waals surface area (Å²) in [6.07, 6.45) is -0.0204. The second-order valence-corrected chi connectivity index (χ2v) is 3.93. The number of anilines is 1. The molecular formula is C13H18N2O4. The van der Waals surface area contributed by atoms with Gasteiger partial charge in [-0.2, -0.15) is 0 Å². The van der Waals surface area contributed by atoms with E-state index in [0.717, 1.165) is 0 Å². The standard InChI is InChI=1S/C13H18N2O4/c1-2-15(10-6-4-3-5-7-10)13(19)14-11(8-9-16)12(17)18/h3-7,11,16H,2,8-9H2,1H3,(H,14,19)(H,17,18)/t11-/m1/s1. The Morgan fingerprint density at radius 3 is 2.42 bits per heavy atom. The van der Waals surface area contributed by atoms with E-state index < -0.39 is 18.0 Å². The minimum Gasteiger partial charge on any atom is -0.480 e. The molecule has 1 aromatic carbocycles. The number of hydrogen-bond acceptors (Lipinski definition) is 3. The van der Waals surface area contributed by atoms with Crippen LogP contribution in [0.15, 0.2) is 30.3 Å². The van der Waals surface area contributed by atoms with Crippen LogP contribution in [0.2, 0.25) is 0 Å². The number of aliphatic carboxylic acids is 1.